The van der Waals surface area contributed by atoms with E-state index in [9.17, 15) is 0 Å². The number of benzene rings is 3. The lowest BCUT2D eigenvalue weighted by Gasteiger charge is -2.22. The Labute approximate surface area is 133 Å². The van der Waals surface area contributed by atoms with Gasteiger partial charge >= 0.3 is 0 Å². The molecule has 0 unspecified atom stereocenters. The van der Waals surface area contributed by atoms with E-state index in [0.717, 1.165) is 11.1 Å². The van der Waals surface area contributed by atoms with Crippen molar-refractivity contribution >= 4 is 0 Å². The normalized spacial score (nSPS) is 17.9. The molecule has 0 heteroatoms. The largest absolute Gasteiger partial charge is 0.0629 e. The summed E-state index contributed by atoms with van der Waals surface area (Å²) in [4.78, 5) is 0. The molecule has 0 spiro atoms. The summed E-state index contributed by atoms with van der Waals surface area (Å²) in [5, 5.41) is 0. The standard InChI is InChI=1S/C21H18/c1-21(2)19-11-7-6-10-17(19)18-13-12-16(14-20(18)21)15-8-4-3-5-9-15/h3-14H,1-2H3/i3D,4D,5D,8D,9D. The van der Waals surface area contributed by atoms with E-state index in [0.29, 0.717) is 5.56 Å². The maximum absolute atomic E-state index is 8.22. The van der Waals surface area contributed by atoms with Crippen LogP contribution in [0.1, 0.15) is 31.8 Å². The predicted molar refractivity (Wildman–Crippen MR) is 89.4 cm³/mol. The molecule has 1 aliphatic carbocycles. The molecule has 0 bridgehead atoms. The molecule has 0 radical (unpaired) electrons. The Morgan fingerprint density at radius 1 is 0.762 bits per heavy atom. The van der Waals surface area contributed by atoms with Crippen LogP contribution in [-0.2, 0) is 5.41 Å². The molecule has 0 heterocycles. The molecule has 0 N–H and O–H groups in total. The van der Waals surface area contributed by atoms with Gasteiger partial charge in [0.1, 0.15) is 0 Å². The molecule has 0 saturated carbocycles. The molecular weight excluding hydrogens is 252 g/mol. The van der Waals surface area contributed by atoms with E-state index >= 15 is 0 Å². The van der Waals surface area contributed by atoms with Crippen molar-refractivity contribution in [1.82, 2.24) is 0 Å². The van der Waals surface area contributed by atoms with E-state index in [2.05, 4.69) is 26.0 Å². The van der Waals surface area contributed by atoms with Crippen LogP contribution in [0, 0.1) is 0 Å². The second-order valence-electron chi connectivity index (χ2n) is 5.93. The van der Waals surface area contributed by atoms with E-state index in [1.165, 1.54) is 11.1 Å². The summed E-state index contributed by atoms with van der Waals surface area (Å²) in [7, 11) is 0. The lowest BCUT2D eigenvalue weighted by atomic mass is 9.81. The smallest absolute Gasteiger partial charge is 0.0622 e. The van der Waals surface area contributed by atoms with Crippen LogP contribution in [0.4, 0.5) is 0 Å². The molecule has 0 atom stereocenters. The first kappa shape index (κ1) is 8.19. The molecule has 0 amide bonds. The van der Waals surface area contributed by atoms with Crippen LogP contribution in [0.15, 0.2) is 72.7 Å². The molecule has 4 rings (SSSR count). The van der Waals surface area contributed by atoms with Crippen molar-refractivity contribution in [3.05, 3.63) is 83.8 Å². The number of hydrogen-bond donors (Lipinski definition) is 0. The van der Waals surface area contributed by atoms with Gasteiger partial charge in [-0.15, -0.1) is 0 Å². The molecular formula is C21H18. The van der Waals surface area contributed by atoms with Gasteiger partial charge in [0.05, 0.1) is 6.85 Å². The lowest BCUT2D eigenvalue weighted by Crippen LogP contribution is -2.14. The Hall–Kier alpha value is -2.34. The molecule has 3 aromatic carbocycles. The molecule has 102 valence electrons. The highest BCUT2D eigenvalue weighted by molar-refractivity contribution is 5.83. The molecule has 0 fully saturated rings. The molecule has 1 aliphatic rings. The van der Waals surface area contributed by atoms with E-state index in [-0.39, 0.29) is 41.2 Å². The first-order valence-corrected chi connectivity index (χ1v) is 7.07. The lowest BCUT2D eigenvalue weighted by molar-refractivity contribution is 0.660. The fourth-order valence-corrected chi connectivity index (χ4v) is 3.25. The zero-order chi connectivity index (χ0) is 18.8. The van der Waals surface area contributed by atoms with Gasteiger partial charge in [0, 0.05) is 5.41 Å². The summed E-state index contributed by atoms with van der Waals surface area (Å²) in [5.74, 6) is 0. The van der Waals surface area contributed by atoms with Crippen LogP contribution in [-0.4, -0.2) is 0 Å². The van der Waals surface area contributed by atoms with Crippen LogP contribution in [0.3, 0.4) is 0 Å². The van der Waals surface area contributed by atoms with Gasteiger partial charge in [0.25, 0.3) is 0 Å². The van der Waals surface area contributed by atoms with Crippen molar-refractivity contribution in [2.45, 2.75) is 19.3 Å². The average molecular weight is 275 g/mol. The molecule has 0 nitrogen and oxygen atoms in total. The van der Waals surface area contributed by atoms with Crippen molar-refractivity contribution in [2.24, 2.45) is 0 Å². The monoisotopic (exact) mass is 275 g/mol. The van der Waals surface area contributed by atoms with Gasteiger partial charge in [0.15, 0.2) is 0 Å². The minimum atomic E-state index is -0.363. The number of hydrogen-bond acceptors (Lipinski definition) is 0. The zero-order valence-electron chi connectivity index (χ0n) is 17.0. The average Bonchev–Trinajstić information content (AvgIpc) is 2.86. The summed E-state index contributed by atoms with van der Waals surface area (Å²) >= 11 is 0. The SMILES string of the molecule is [2H]c1c([2H])c([2H])c(-c2ccc3c(c2)C(C)(C)c2ccccc2-3)c([2H])c1[2H]. The van der Waals surface area contributed by atoms with E-state index in [1.54, 1.807) is 0 Å². The molecule has 0 aliphatic heterocycles. The Morgan fingerprint density at radius 3 is 2.29 bits per heavy atom. The fraction of sp³-hybridized carbons (Fsp3) is 0.143. The van der Waals surface area contributed by atoms with E-state index < -0.39 is 0 Å². The quantitative estimate of drug-likeness (QED) is 0.537. The predicted octanol–water partition coefficient (Wildman–Crippen LogP) is 5.66. The first-order chi connectivity index (χ1) is 12.2. The summed E-state index contributed by atoms with van der Waals surface area (Å²) < 4.78 is 40.1. The minimum Gasteiger partial charge on any atom is -0.0622 e. The van der Waals surface area contributed by atoms with Crippen molar-refractivity contribution in [3.63, 3.8) is 0 Å². The van der Waals surface area contributed by atoms with Crippen LogP contribution in [0.5, 0.6) is 0 Å². The topological polar surface area (TPSA) is 0 Å². The maximum atomic E-state index is 8.22. The van der Waals surface area contributed by atoms with Gasteiger partial charge in [-0.2, -0.15) is 0 Å². The second kappa shape index (κ2) is 4.33. The molecule has 21 heavy (non-hydrogen) atoms. The highest BCUT2D eigenvalue weighted by atomic mass is 14.4. The zero-order valence-corrected chi connectivity index (χ0v) is 12.0. The minimum absolute atomic E-state index is 0.163. The van der Waals surface area contributed by atoms with Gasteiger partial charge in [0.2, 0.25) is 0 Å². The Balaban J connectivity index is 1.99. The van der Waals surface area contributed by atoms with Crippen molar-refractivity contribution in [1.29, 1.82) is 0 Å². The van der Waals surface area contributed by atoms with Crippen molar-refractivity contribution < 1.29 is 6.85 Å². The van der Waals surface area contributed by atoms with Crippen LogP contribution in [0.2, 0.25) is 0 Å². The highest BCUT2D eigenvalue weighted by Gasteiger charge is 2.35. The Kier molecular flexibility index (Phi) is 1.69. The van der Waals surface area contributed by atoms with Gasteiger partial charge in [-0.25, -0.2) is 0 Å². The molecule has 0 saturated heterocycles. The van der Waals surface area contributed by atoms with Crippen LogP contribution in [0.25, 0.3) is 22.3 Å². The maximum Gasteiger partial charge on any atom is 0.0629 e. The third-order valence-electron chi connectivity index (χ3n) is 4.37. The third kappa shape index (κ3) is 1.76. The van der Waals surface area contributed by atoms with Crippen LogP contribution >= 0.6 is 0 Å². The Morgan fingerprint density at radius 2 is 1.48 bits per heavy atom. The second-order valence-corrected chi connectivity index (χ2v) is 5.93. The summed E-state index contributed by atoms with van der Waals surface area (Å²) in [6.45, 7) is 4.31. The summed E-state index contributed by atoms with van der Waals surface area (Å²) in [5.41, 5.74) is 5.40. The first-order valence-electron chi connectivity index (χ1n) is 9.57. The van der Waals surface area contributed by atoms with Crippen molar-refractivity contribution in [3.8, 4) is 22.3 Å². The van der Waals surface area contributed by atoms with E-state index in [1.807, 2.05) is 30.3 Å². The summed E-state index contributed by atoms with van der Waals surface area (Å²) in [6, 6.07) is 12.8. The summed E-state index contributed by atoms with van der Waals surface area (Å²) in [6.07, 6.45) is 0. The van der Waals surface area contributed by atoms with Crippen molar-refractivity contribution in [2.75, 3.05) is 0 Å². The van der Waals surface area contributed by atoms with Crippen LogP contribution < -0.4 is 0 Å². The van der Waals surface area contributed by atoms with E-state index in [4.69, 9.17) is 6.85 Å². The van der Waals surface area contributed by atoms with Gasteiger partial charge < -0.3 is 0 Å². The van der Waals surface area contributed by atoms with Gasteiger partial charge in [-0.1, -0.05) is 80.5 Å². The highest BCUT2D eigenvalue weighted by Crippen LogP contribution is 2.49. The fourth-order valence-electron chi connectivity index (χ4n) is 3.25. The number of fused-ring (bicyclic) bond motifs is 3. The number of rotatable bonds is 1. The molecule has 3 aromatic rings. The molecule has 0 aromatic heterocycles. The third-order valence-corrected chi connectivity index (χ3v) is 4.37. The van der Waals surface area contributed by atoms with Gasteiger partial charge in [-0.05, 0) is 39.4 Å². The Bertz CT molecular complexity index is 1040. The van der Waals surface area contributed by atoms with Gasteiger partial charge in [-0.3, -0.25) is 0 Å².